The first-order chi connectivity index (χ1) is 8.96. The fourth-order valence-corrected chi connectivity index (χ4v) is 3.10. The van der Waals surface area contributed by atoms with Crippen molar-refractivity contribution in [2.75, 3.05) is 19.6 Å². The van der Waals surface area contributed by atoms with E-state index in [9.17, 15) is 4.79 Å². The fourth-order valence-electron chi connectivity index (χ4n) is 1.78. The second-order valence-electron chi connectivity index (χ2n) is 5.39. The maximum Gasteiger partial charge on any atom is 0.225 e. The Morgan fingerprint density at radius 3 is 2.58 bits per heavy atom. The van der Waals surface area contributed by atoms with E-state index in [1.165, 1.54) is 4.90 Å². The molecule has 5 heteroatoms. The van der Waals surface area contributed by atoms with Gasteiger partial charge in [-0.05, 0) is 38.1 Å². The molecule has 0 unspecified atom stereocenters. The molecule has 2 rings (SSSR count). The summed E-state index contributed by atoms with van der Waals surface area (Å²) in [6.07, 6.45) is 0. The van der Waals surface area contributed by atoms with Gasteiger partial charge in [0.15, 0.2) is 0 Å². The molecule has 0 atom stereocenters. The first kappa shape index (κ1) is 14.9. The van der Waals surface area contributed by atoms with Gasteiger partial charge in [0.1, 0.15) is 0 Å². The Kier molecular flexibility index (Phi) is 4.92. The van der Waals surface area contributed by atoms with E-state index >= 15 is 0 Å². The monoisotopic (exact) mass is 342 g/mol. The van der Waals surface area contributed by atoms with Crippen LogP contribution in [0, 0.1) is 5.92 Å². The molecule has 0 saturated carbocycles. The van der Waals surface area contributed by atoms with Crippen molar-refractivity contribution in [2.45, 2.75) is 23.5 Å². The molecule has 1 aromatic carbocycles. The minimum atomic E-state index is -0.0132. The molecule has 3 nitrogen and oxygen atoms in total. The number of carbonyl (C=O) groups is 1. The number of benzene rings is 1. The Bertz CT molecular complexity index is 443. The van der Waals surface area contributed by atoms with Crippen molar-refractivity contribution < 1.29 is 4.79 Å². The molecule has 1 aliphatic rings. The van der Waals surface area contributed by atoms with Crippen molar-refractivity contribution in [2.24, 2.45) is 5.92 Å². The third-order valence-electron chi connectivity index (χ3n) is 3.05. The summed E-state index contributed by atoms with van der Waals surface area (Å²) in [7, 11) is 0. The van der Waals surface area contributed by atoms with E-state index in [1.54, 1.807) is 11.8 Å². The molecule has 1 amide bonds. The number of thioether (sulfide) groups is 1. The maximum absolute atomic E-state index is 11.8. The van der Waals surface area contributed by atoms with Crippen molar-refractivity contribution in [3.05, 3.63) is 28.7 Å². The fraction of sp³-hybridized carbons (Fsp3) is 0.500. The standard InChI is InChI=1S/C14H19BrN2OS/c1-14(2,9-17-13(18)10-7-16-8-10)19-12-5-3-11(15)4-6-12/h3-6,10,16H,7-9H2,1-2H3,(H,17,18). The second-order valence-corrected chi connectivity index (χ2v) is 8.09. The first-order valence-corrected chi connectivity index (χ1v) is 8.00. The Morgan fingerprint density at radius 2 is 2.05 bits per heavy atom. The van der Waals surface area contributed by atoms with Crippen LogP contribution in [0.15, 0.2) is 33.6 Å². The molecule has 104 valence electrons. The van der Waals surface area contributed by atoms with Gasteiger partial charge in [0.25, 0.3) is 0 Å². The number of hydrogen-bond donors (Lipinski definition) is 2. The molecule has 1 saturated heterocycles. The molecule has 1 aromatic rings. The number of hydrogen-bond acceptors (Lipinski definition) is 3. The first-order valence-electron chi connectivity index (χ1n) is 6.39. The van der Waals surface area contributed by atoms with Gasteiger partial charge in [0.2, 0.25) is 5.91 Å². The lowest BCUT2D eigenvalue weighted by molar-refractivity contribution is -0.126. The summed E-state index contributed by atoms with van der Waals surface area (Å²) >= 11 is 5.22. The van der Waals surface area contributed by atoms with Crippen LogP contribution in [0.5, 0.6) is 0 Å². The molecule has 0 aromatic heterocycles. The molecule has 1 fully saturated rings. The summed E-state index contributed by atoms with van der Waals surface area (Å²) in [5.41, 5.74) is 0. The zero-order valence-corrected chi connectivity index (χ0v) is 13.6. The summed E-state index contributed by atoms with van der Waals surface area (Å²) in [4.78, 5) is 13.0. The Morgan fingerprint density at radius 1 is 1.42 bits per heavy atom. The zero-order chi connectivity index (χ0) is 13.9. The lowest BCUT2D eigenvalue weighted by atomic mass is 10.0. The van der Waals surface area contributed by atoms with Crippen LogP contribution in [-0.2, 0) is 4.79 Å². The summed E-state index contributed by atoms with van der Waals surface area (Å²) in [6, 6.07) is 8.26. The summed E-state index contributed by atoms with van der Waals surface area (Å²) in [5.74, 6) is 0.330. The van der Waals surface area contributed by atoms with Crippen LogP contribution < -0.4 is 10.6 Å². The highest BCUT2D eigenvalue weighted by Crippen LogP contribution is 2.32. The largest absolute Gasteiger partial charge is 0.354 e. The predicted octanol–water partition coefficient (Wildman–Crippen LogP) is 2.66. The number of amides is 1. The van der Waals surface area contributed by atoms with E-state index in [-0.39, 0.29) is 16.6 Å². The van der Waals surface area contributed by atoms with Crippen molar-refractivity contribution in [1.82, 2.24) is 10.6 Å². The SMILES string of the molecule is CC(C)(CNC(=O)C1CNC1)Sc1ccc(Br)cc1. The normalized spacial score (nSPS) is 15.9. The highest BCUT2D eigenvalue weighted by atomic mass is 79.9. The van der Waals surface area contributed by atoms with Crippen LogP contribution in [0.4, 0.5) is 0 Å². The average Bonchev–Trinajstić information content (AvgIpc) is 2.27. The topological polar surface area (TPSA) is 41.1 Å². The number of rotatable bonds is 5. The van der Waals surface area contributed by atoms with E-state index in [4.69, 9.17) is 0 Å². The van der Waals surface area contributed by atoms with Crippen molar-refractivity contribution in [1.29, 1.82) is 0 Å². The van der Waals surface area contributed by atoms with Crippen LogP contribution in [0.25, 0.3) is 0 Å². The van der Waals surface area contributed by atoms with Gasteiger partial charge in [-0.3, -0.25) is 4.79 Å². The van der Waals surface area contributed by atoms with Gasteiger partial charge < -0.3 is 10.6 Å². The van der Waals surface area contributed by atoms with E-state index in [1.807, 2.05) is 12.1 Å². The minimum absolute atomic E-state index is 0.0132. The molecule has 2 N–H and O–H groups in total. The Hall–Kier alpha value is -0.520. The summed E-state index contributed by atoms with van der Waals surface area (Å²) in [6.45, 7) is 6.61. The quantitative estimate of drug-likeness (QED) is 0.808. The molecule has 1 aliphatic heterocycles. The second kappa shape index (κ2) is 6.29. The van der Waals surface area contributed by atoms with Crippen LogP contribution in [0.3, 0.4) is 0 Å². The van der Waals surface area contributed by atoms with Gasteiger partial charge in [0, 0.05) is 33.7 Å². The molecule has 0 spiro atoms. The van der Waals surface area contributed by atoms with Gasteiger partial charge >= 0.3 is 0 Å². The zero-order valence-electron chi connectivity index (χ0n) is 11.2. The molecule has 0 radical (unpaired) electrons. The van der Waals surface area contributed by atoms with E-state index < -0.39 is 0 Å². The highest BCUT2D eigenvalue weighted by Gasteiger charge is 2.27. The van der Waals surface area contributed by atoms with E-state index in [0.717, 1.165) is 17.6 Å². The molecular weight excluding hydrogens is 324 g/mol. The molecule has 1 heterocycles. The third kappa shape index (κ3) is 4.51. The number of carbonyl (C=O) groups excluding carboxylic acids is 1. The molecule has 0 bridgehead atoms. The van der Waals surface area contributed by atoms with Crippen LogP contribution in [0.2, 0.25) is 0 Å². The molecule has 0 aliphatic carbocycles. The smallest absolute Gasteiger partial charge is 0.225 e. The van der Waals surface area contributed by atoms with Gasteiger partial charge in [-0.1, -0.05) is 15.9 Å². The van der Waals surface area contributed by atoms with Crippen LogP contribution >= 0.6 is 27.7 Å². The van der Waals surface area contributed by atoms with Crippen LogP contribution in [-0.4, -0.2) is 30.3 Å². The number of nitrogens with one attached hydrogen (secondary N) is 2. The van der Waals surface area contributed by atoms with Gasteiger partial charge in [-0.25, -0.2) is 0 Å². The van der Waals surface area contributed by atoms with Crippen molar-refractivity contribution in [3.63, 3.8) is 0 Å². The van der Waals surface area contributed by atoms with Crippen molar-refractivity contribution >= 4 is 33.6 Å². The van der Waals surface area contributed by atoms with Crippen molar-refractivity contribution in [3.8, 4) is 0 Å². The van der Waals surface area contributed by atoms with E-state index in [2.05, 4.69) is 52.5 Å². The average molecular weight is 343 g/mol. The maximum atomic E-state index is 11.8. The van der Waals surface area contributed by atoms with E-state index in [0.29, 0.717) is 6.54 Å². The summed E-state index contributed by atoms with van der Waals surface area (Å²) < 4.78 is 1.07. The van der Waals surface area contributed by atoms with Gasteiger partial charge in [-0.2, -0.15) is 0 Å². The predicted molar refractivity (Wildman–Crippen MR) is 83.4 cm³/mol. The number of halogens is 1. The Labute approximate surface area is 127 Å². The van der Waals surface area contributed by atoms with Gasteiger partial charge in [0.05, 0.1) is 5.92 Å². The van der Waals surface area contributed by atoms with Gasteiger partial charge in [-0.15, -0.1) is 11.8 Å². The van der Waals surface area contributed by atoms with Crippen LogP contribution in [0.1, 0.15) is 13.8 Å². The molecular formula is C14H19BrN2OS. The Balaban J connectivity index is 1.83. The lowest BCUT2D eigenvalue weighted by Crippen LogP contribution is -2.52. The molecule has 19 heavy (non-hydrogen) atoms. The highest BCUT2D eigenvalue weighted by molar-refractivity contribution is 9.10. The minimum Gasteiger partial charge on any atom is -0.354 e. The third-order valence-corrected chi connectivity index (χ3v) is 4.78. The lowest BCUT2D eigenvalue weighted by Gasteiger charge is -2.29. The summed E-state index contributed by atoms with van der Waals surface area (Å²) in [5, 5.41) is 6.16.